The second-order valence-corrected chi connectivity index (χ2v) is 6.86. The summed E-state index contributed by atoms with van der Waals surface area (Å²) >= 11 is 0. The molecule has 0 aliphatic carbocycles. The van der Waals surface area contributed by atoms with Crippen LogP contribution in [0, 0.1) is 24.0 Å². The third-order valence-corrected chi connectivity index (χ3v) is 4.80. The van der Waals surface area contributed by atoms with Crippen LogP contribution in [-0.4, -0.2) is 29.3 Å². The molecule has 0 saturated carbocycles. The maximum Gasteiger partial charge on any atom is 0.269 e. The van der Waals surface area contributed by atoms with Gasteiger partial charge in [-0.3, -0.25) is 19.7 Å². The van der Waals surface area contributed by atoms with Crippen molar-refractivity contribution in [1.29, 1.82) is 0 Å². The molecule has 0 radical (unpaired) electrons. The maximum atomic E-state index is 12.3. The highest BCUT2D eigenvalue weighted by Crippen LogP contribution is 2.24. The fraction of sp³-hybridized carbons (Fsp3) is 0.238. The average Bonchev–Trinajstić information content (AvgIpc) is 3.02. The quantitative estimate of drug-likeness (QED) is 0.491. The minimum Gasteiger partial charge on any atom is -0.347 e. The number of nitro groups is 1. The number of hydrogen-bond acceptors (Lipinski definition) is 4. The summed E-state index contributed by atoms with van der Waals surface area (Å²) in [6, 6.07) is 11.5. The molecule has 7 heteroatoms. The van der Waals surface area contributed by atoms with Crippen molar-refractivity contribution in [2.75, 3.05) is 11.4 Å². The molecule has 0 bridgehead atoms. The Morgan fingerprint density at radius 2 is 1.89 bits per heavy atom. The molecule has 2 amide bonds. The number of nitro benzene ring substituents is 1. The number of nitrogens with zero attached hydrogens (tertiary/aromatic N) is 2. The fourth-order valence-electron chi connectivity index (χ4n) is 3.08. The van der Waals surface area contributed by atoms with Gasteiger partial charge in [0.2, 0.25) is 11.8 Å². The molecular formula is C21H21N3O4. The van der Waals surface area contributed by atoms with Gasteiger partial charge < -0.3 is 10.2 Å². The van der Waals surface area contributed by atoms with Crippen LogP contribution in [0.25, 0.3) is 6.08 Å². The summed E-state index contributed by atoms with van der Waals surface area (Å²) in [5.74, 6) is -0.328. The van der Waals surface area contributed by atoms with Crippen LogP contribution >= 0.6 is 0 Å². The van der Waals surface area contributed by atoms with Crippen molar-refractivity contribution >= 4 is 29.3 Å². The molecule has 2 aromatic rings. The van der Waals surface area contributed by atoms with Gasteiger partial charge in [0.15, 0.2) is 0 Å². The van der Waals surface area contributed by atoms with Gasteiger partial charge in [-0.15, -0.1) is 0 Å². The Hall–Kier alpha value is -3.48. The highest BCUT2D eigenvalue weighted by Gasteiger charge is 2.31. The van der Waals surface area contributed by atoms with Crippen LogP contribution in [0.4, 0.5) is 11.4 Å². The highest BCUT2D eigenvalue weighted by molar-refractivity contribution is 5.98. The molecule has 1 fully saturated rings. The first kappa shape index (κ1) is 19.3. The van der Waals surface area contributed by atoms with Gasteiger partial charge >= 0.3 is 0 Å². The standard InChI is InChI=1S/C21H21N3O4/c1-14-3-7-19(11-15(14)2)23-13-17(12-21(23)26)22-20(25)10-6-16-4-8-18(9-5-16)24(27)28/h3-11,17H,12-13H2,1-2H3,(H,22,25)/b10-6-/t17-/m0/s1. The molecule has 0 aromatic heterocycles. The van der Waals surface area contributed by atoms with Crippen molar-refractivity contribution in [1.82, 2.24) is 5.32 Å². The molecule has 1 saturated heterocycles. The largest absolute Gasteiger partial charge is 0.347 e. The second kappa shape index (κ2) is 8.04. The predicted octanol–water partition coefficient (Wildman–Crippen LogP) is 3.15. The number of amides is 2. The van der Waals surface area contributed by atoms with Gasteiger partial charge in [-0.25, -0.2) is 0 Å². The molecule has 1 aliphatic heterocycles. The fourth-order valence-corrected chi connectivity index (χ4v) is 3.08. The maximum absolute atomic E-state index is 12.3. The van der Waals surface area contributed by atoms with Crippen LogP contribution in [0.2, 0.25) is 0 Å². The van der Waals surface area contributed by atoms with Crippen LogP contribution in [0.15, 0.2) is 48.5 Å². The SMILES string of the molecule is Cc1ccc(N2C[C@@H](NC(=O)/C=C\c3ccc([N+](=O)[O-])cc3)CC2=O)cc1C. The Balaban J connectivity index is 1.59. The smallest absolute Gasteiger partial charge is 0.269 e. The Morgan fingerprint density at radius 1 is 1.18 bits per heavy atom. The first-order valence-corrected chi connectivity index (χ1v) is 8.94. The molecule has 0 spiro atoms. The van der Waals surface area contributed by atoms with E-state index >= 15 is 0 Å². The van der Waals surface area contributed by atoms with Gasteiger partial charge in [0.05, 0.1) is 11.0 Å². The summed E-state index contributed by atoms with van der Waals surface area (Å²) in [5.41, 5.74) is 3.80. The van der Waals surface area contributed by atoms with E-state index in [0.717, 1.165) is 16.8 Å². The molecule has 1 N–H and O–H groups in total. The zero-order chi connectivity index (χ0) is 20.3. The van der Waals surface area contributed by atoms with E-state index in [0.29, 0.717) is 12.1 Å². The summed E-state index contributed by atoms with van der Waals surface area (Å²) in [7, 11) is 0. The lowest BCUT2D eigenvalue weighted by molar-refractivity contribution is -0.384. The number of aryl methyl sites for hydroxylation is 2. The first-order valence-electron chi connectivity index (χ1n) is 8.94. The van der Waals surface area contributed by atoms with E-state index in [1.165, 1.54) is 18.2 Å². The summed E-state index contributed by atoms with van der Waals surface area (Å²) < 4.78 is 0. The number of nitrogens with one attached hydrogen (secondary N) is 1. The monoisotopic (exact) mass is 379 g/mol. The molecule has 2 aromatic carbocycles. The molecule has 1 aliphatic rings. The lowest BCUT2D eigenvalue weighted by Crippen LogP contribution is -2.36. The highest BCUT2D eigenvalue weighted by atomic mass is 16.6. The Labute approximate surface area is 162 Å². The van der Waals surface area contributed by atoms with E-state index in [1.54, 1.807) is 23.1 Å². The summed E-state index contributed by atoms with van der Waals surface area (Å²) in [5, 5.41) is 13.5. The molecule has 0 unspecified atom stereocenters. The van der Waals surface area contributed by atoms with Gasteiger partial charge in [-0.2, -0.15) is 0 Å². The lowest BCUT2D eigenvalue weighted by atomic mass is 10.1. The second-order valence-electron chi connectivity index (χ2n) is 6.86. The van der Waals surface area contributed by atoms with Crippen molar-refractivity contribution in [3.05, 3.63) is 75.3 Å². The van der Waals surface area contributed by atoms with Crippen LogP contribution in [0.5, 0.6) is 0 Å². The zero-order valence-electron chi connectivity index (χ0n) is 15.7. The van der Waals surface area contributed by atoms with Gasteiger partial charge in [0, 0.05) is 36.9 Å². The van der Waals surface area contributed by atoms with Gasteiger partial charge in [0.1, 0.15) is 0 Å². The van der Waals surface area contributed by atoms with Crippen molar-refractivity contribution in [3.8, 4) is 0 Å². The van der Waals surface area contributed by atoms with Gasteiger partial charge in [-0.1, -0.05) is 6.07 Å². The van der Waals surface area contributed by atoms with Gasteiger partial charge in [0.25, 0.3) is 5.69 Å². The third-order valence-electron chi connectivity index (χ3n) is 4.80. The van der Waals surface area contributed by atoms with Crippen molar-refractivity contribution in [2.45, 2.75) is 26.3 Å². The molecule has 7 nitrogen and oxygen atoms in total. The molecule has 144 valence electrons. The van der Waals surface area contributed by atoms with Crippen molar-refractivity contribution < 1.29 is 14.5 Å². The molecule has 1 heterocycles. The summed E-state index contributed by atoms with van der Waals surface area (Å²) in [4.78, 5) is 36.4. The van der Waals surface area contributed by atoms with E-state index in [4.69, 9.17) is 0 Å². The van der Waals surface area contributed by atoms with E-state index in [1.807, 2.05) is 32.0 Å². The van der Waals surface area contributed by atoms with Crippen LogP contribution in [-0.2, 0) is 9.59 Å². The topological polar surface area (TPSA) is 92.6 Å². The Kier molecular flexibility index (Phi) is 5.54. The van der Waals surface area contributed by atoms with Crippen LogP contribution < -0.4 is 10.2 Å². The average molecular weight is 379 g/mol. The molecule has 3 rings (SSSR count). The zero-order valence-corrected chi connectivity index (χ0v) is 15.7. The number of rotatable bonds is 5. The minimum absolute atomic E-state index is 0.00231. The van der Waals surface area contributed by atoms with Crippen molar-refractivity contribution in [2.24, 2.45) is 0 Å². The van der Waals surface area contributed by atoms with Gasteiger partial charge in [-0.05, 0) is 60.9 Å². The molecular weight excluding hydrogens is 358 g/mol. The predicted molar refractivity (Wildman–Crippen MR) is 107 cm³/mol. The lowest BCUT2D eigenvalue weighted by Gasteiger charge is -2.18. The minimum atomic E-state index is -0.474. The number of carbonyl (C=O) groups is 2. The molecule has 1 atom stereocenters. The summed E-state index contributed by atoms with van der Waals surface area (Å²) in [6.07, 6.45) is 3.20. The molecule has 28 heavy (non-hydrogen) atoms. The first-order chi connectivity index (χ1) is 13.3. The Morgan fingerprint density at radius 3 is 2.54 bits per heavy atom. The summed E-state index contributed by atoms with van der Waals surface area (Å²) in [6.45, 7) is 4.45. The van der Waals surface area contributed by atoms with E-state index in [2.05, 4.69) is 5.32 Å². The van der Waals surface area contributed by atoms with E-state index in [-0.39, 0.29) is 30.0 Å². The van der Waals surface area contributed by atoms with E-state index in [9.17, 15) is 19.7 Å². The third kappa shape index (κ3) is 4.43. The number of carbonyl (C=O) groups excluding carboxylic acids is 2. The number of non-ortho nitro benzene ring substituents is 1. The van der Waals surface area contributed by atoms with E-state index < -0.39 is 4.92 Å². The number of benzene rings is 2. The van der Waals surface area contributed by atoms with Crippen molar-refractivity contribution in [3.63, 3.8) is 0 Å². The van der Waals surface area contributed by atoms with Crippen LogP contribution in [0.3, 0.4) is 0 Å². The van der Waals surface area contributed by atoms with Crippen LogP contribution in [0.1, 0.15) is 23.1 Å². The number of anilines is 1. The number of hydrogen-bond donors (Lipinski definition) is 1. The normalized spacial score (nSPS) is 16.6. The Bertz CT molecular complexity index is 951.